The molecule has 0 saturated carbocycles. The molecule has 0 saturated heterocycles. The molecule has 0 fully saturated rings. The third-order valence-corrected chi connectivity index (χ3v) is 5.34. The van der Waals surface area contributed by atoms with Gasteiger partial charge in [0.25, 0.3) is 0 Å². The van der Waals surface area contributed by atoms with Crippen LogP contribution in [0, 0.1) is 6.92 Å². The molecular formula is C25H34N2O3. The van der Waals surface area contributed by atoms with Gasteiger partial charge in [-0.1, -0.05) is 55.8 Å². The van der Waals surface area contributed by atoms with E-state index < -0.39 is 6.04 Å². The molecule has 0 radical (unpaired) electrons. The minimum Gasteiger partial charge on any atom is -0.497 e. The number of carbonyl (C=O) groups excluding carboxylic acids is 2. The number of carbonyl (C=O) groups is 2. The SMILES string of the molecule is CC[C@@H](C)NC(=O)[C@H](CC)N(Cc1cccc(C)c1)C(=O)Cc1ccc(OC)cc1. The summed E-state index contributed by atoms with van der Waals surface area (Å²) in [4.78, 5) is 28.0. The fourth-order valence-electron chi connectivity index (χ4n) is 3.39. The van der Waals surface area contributed by atoms with E-state index in [2.05, 4.69) is 11.4 Å². The summed E-state index contributed by atoms with van der Waals surface area (Å²) in [7, 11) is 1.62. The largest absolute Gasteiger partial charge is 0.497 e. The third-order valence-electron chi connectivity index (χ3n) is 5.34. The Morgan fingerprint density at radius 2 is 1.73 bits per heavy atom. The molecule has 5 heteroatoms. The maximum atomic E-state index is 13.3. The predicted molar refractivity (Wildman–Crippen MR) is 120 cm³/mol. The number of aryl methyl sites for hydroxylation is 1. The molecule has 0 aliphatic heterocycles. The van der Waals surface area contributed by atoms with Crippen LogP contribution < -0.4 is 10.1 Å². The van der Waals surface area contributed by atoms with E-state index in [0.29, 0.717) is 13.0 Å². The molecule has 2 amide bonds. The molecule has 0 aromatic heterocycles. The van der Waals surface area contributed by atoms with Crippen molar-refractivity contribution in [2.24, 2.45) is 0 Å². The zero-order valence-corrected chi connectivity index (χ0v) is 18.8. The monoisotopic (exact) mass is 410 g/mol. The van der Waals surface area contributed by atoms with Crippen LogP contribution in [0.5, 0.6) is 5.75 Å². The summed E-state index contributed by atoms with van der Waals surface area (Å²) >= 11 is 0. The van der Waals surface area contributed by atoms with Crippen LogP contribution >= 0.6 is 0 Å². The predicted octanol–water partition coefficient (Wildman–Crippen LogP) is 4.27. The summed E-state index contributed by atoms with van der Waals surface area (Å²) in [5.74, 6) is 0.595. The van der Waals surface area contributed by atoms with Crippen LogP contribution in [0.2, 0.25) is 0 Å². The Morgan fingerprint density at radius 1 is 1.03 bits per heavy atom. The van der Waals surface area contributed by atoms with Gasteiger partial charge in [0.2, 0.25) is 11.8 Å². The number of nitrogens with zero attached hydrogens (tertiary/aromatic N) is 1. The molecule has 0 spiro atoms. The average Bonchev–Trinajstić information content (AvgIpc) is 2.74. The van der Waals surface area contributed by atoms with Crippen molar-refractivity contribution in [2.75, 3.05) is 7.11 Å². The van der Waals surface area contributed by atoms with Gasteiger partial charge in [0.1, 0.15) is 11.8 Å². The van der Waals surface area contributed by atoms with Crippen LogP contribution in [0.3, 0.4) is 0 Å². The maximum absolute atomic E-state index is 13.3. The molecule has 0 unspecified atom stereocenters. The molecule has 2 rings (SSSR count). The number of amides is 2. The summed E-state index contributed by atoms with van der Waals surface area (Å²) in [6.45, 7) is 8.40. The highest BCUT2D eigenvalue weighted by Crippen LogP contribution is 2.17. The summed E-state index contributed by atoms with van der Waals surface area (Å²) in [5, 5.41) is 3.04. The van der Waals surface area contributed by atoms with Crippen molar-refractivity contribution in [3.8, 4) is 5.75 Å². The van der Waals surface area contributed by atoms with Crippen LogP contribution in [-0.2, 0) is 22.6 Å². The van der Waals surface area contributed by atoms with E-state index in [1.54, 1.807) is 12.0 Å². The molecule has 2 aromatic rings. The molecule has 0 aliphatic rings. The topological polar surface area (TPSA) is 58.6 Å². The number of nitrogens with one attached hydrogen (secondary N) is 1. The Balaban J connectivity index is 2.27. The standard InChI is InChI=1S/C25H34N2O3/c1-6-19(4)26-25(29)23(7-2)27(17-21-10-8-9-18(3)15-21)24(28)16-20-11-13-22(30-5)14-12-20/h8-15,19,23H,6-7,16-17H2,1-5H3,(H,26,29)/t19-,23+/m1/s1. The Kier molecular flexibility index (Phi) is 8.90. The Labute approximate surface area is 180 Å². The third kappa shape index (κ3) is 6.61. The van der Waals surface area contributed by atoms with Gasteiger partial charge in [-0.25, -0.2) is 0 Å². The molecule has 5 nitrogen and oxygen atoms in total. The molecule has 1 N–H and O–H groups in total. The fourth-order valence-corrected chi connectivity index (χ4v) is 3.39. The quantitative estimate of drug-likeness (QED) is 0.636. The summed E-state index contributed by atoms with van der Waals surface area (Å²) < 4.78 is 5.20. The summed E-state index contributed by atoms with van der Waals surface area (Å²) in [6, 6.07) is 15.1. The average molecular weight is 411 g/mol. The number of benzene rings is 2. The van der Waals surface area contributed by atoms with Crippen LogP contribution in [0.25, 0.3) is 0 Å². The number of hydrogen-bond acceptors (Lipinski definition) is 3. The lowest BCUT2D eigenvalue weighted by Gasteiger charge is -2.31. The van der Waals surface area contributed by atoms with Gasteiger partial charge in [-0.3, -0.25) is 9.59 Å². The van der Waals surface area contributed by atoms with Gasteiger partial charge in [0, 0.05) is 12.6 Å². The minimum atomic E-state index is -0.509. The molecule has 162 valence electrons. The first-order chi connectivity index (χ1) is 14.4. The van der Waals surface area contributed by atoms with E-state index >= 15 is 0 Å². The van der Waals surface area contributed by atoms with E-state index in [1.165, 1.54) is 0 Å². The summed E-state index contributed by atoms with van der Waals surface area (Å²) in [6.07, 6.45) is 1.64. The van der Waals surface area contributed by atoms with Crippen molar-refractivity contribution in [3.05, 3.63) is 65.2 Å². The van der Waals surface area contributed by atoms with Crippen LogP contribution in [0.1, 0.15) is 50.3 Å². The Bertz CT molecular complexity index is 833. The van der Waals surface area contributed by atoms with Gasteiger partial charge < -0.3 is 15.0 Å². The molecule has 2 atom stereocenters. The van der Waals surface area contributed by atoms with Crippen molar-refractivity contribution in [2.45, 2.75) is 65.6 Å². The van der Waals surface area contributed by atoms with Crippen molar-refractivity contribution < 1.29 is 14.3 Å². The van der Waals surface area contributed by atoms with Crippen molar-refractivity contribution in [1.29, 1.82) is 0 Å². The maximum Gasteiger partial charge on any atom is 0.243 e. The van der Waals surface area contributed by atoms with Gasteiger partial charge in [-0.05, 0) is 49.9 Å². The number of ether oxygens (including phenoxy) is 1. The second-order valence-electron chi connectivity index (χ2n) is 7.78. The van der Waals surface area contributed by atoms with Crippen molar-refractivity contribution >= 4 is 11.8 Å². The molecule has 0 heterocycles. The minimum absolute atomic E-state index is 0.0622. The molecule has 2 aromatic carbocycles. The first-order valence-electron chi connectivity index (χ1n) is 10.7. The van der Waals surface area contributed by atoms with E-state index in [4.69, 9.17) is 4.74 Å². The van der Waals surface area contributed by atoms with Crippen LogP contribution in [0.15, 0.2) is 48.5 Å². The van der Waals surface area contributed by atoms with Gasteiger partial charge in [-0.15, -0.1) is 0 Å². The molecule has 0 aliphatic carbocycles. The highest BCUT2D eigenvalue weighted by atomic mass is 16.5. The van der Waals surface area contributed by atoms with E-state index in [9.17, 15) is 9.59 Å². The van der Waals surface area contributed by atoms with Crippen LogP contribution in [0.4, 0.5) is 0 Å². The van der Waals surface area contributed by atoms with Crippen molar-refractivity contribution in [3.63, 3.8) is 0 Å². The van der Waals surface area contributed by atoms with Gasteiger partial charge in [-0.2, -0.15) is 0 Å². The molecular weight excluding hydrogens is 376 g/mol. The van der Waals surface area contributed by atoms with Crippen LogP contribution in [-0.4, -0.2) is 35.9 Å². The second-order valence-corrected chi connectivity index (χ2v) is 7.78. The zero-order chi connectivity index (χ0) is 22.1. The van der Waals surface area contributed by atoms with Gasteiger partial charge >= 0.3 is 0 Å². The molecule has 0 bridgehead atoms. The summed E-state index contributed by atoms with van der Waals surface area (Å²) in [5.41, 5.74) is 3.05. The highest BCUT2D eigenvalue weighted by molar-refractivity contribution is 5.88. The molecule has 30 heavy (non-hydrogen) atoms. The lowest BCUT2D eigenvalue weighted by atomic mass is 10.1. The normalized spacial score (nSPS) is 12.7. The smallest absolute Gasteiger partial charge is 0.243 e. The number of rotatable bonds is 10. The fraction of sp³-hybridized carbons (Fsp3) is 0.440. The highest BCUT2D eigenvalue weighted by Gasteiger charge is 2.29. The lowest BCUT2D eigenvalue weighted by molar-refractivity contribution is -0.141. The number of hydrogen-bond donors (Lipinski definition) is 1. The van der Waals surface area contributed by atoms with E-state index in [-0.39, 0.29) is 24.3 Å². The van der Waals surface area contributed by atoms with Crippen molar-refractivity contribution in [1.82, 2.24) is 10.2 Å². The van der Waals surface area contributed by atoms with E-state index in [1.807, 2.05) is 70.2 Å². The Hall–Kier alpha value is -2.82. The zero-order valence-electron chi connectivity index (χ0n) is 18.8. The first kappa shape index (κ1) is 23.5. The Morgan fingerprint density at radius 3 is 2.30 bits per heavy atom. The number of methoxy groups -OCH3 is 1. The lowest BCUT2D eigenvalue weighted by Crippen LogP contribution is -2.51. The van der Waals surface area contributed by atoms with Gasteiger partial charge in [0.15, 0.2) is 0 Å². The van der Waals surface area contributed by atoms with Gasteiger partial charge in [0.05, 0.1) is 13.5 Å². The second kappa shape index (κ2) is 11.4. The van der Waals surface area contributed by atoms with E-state index in [0.717, 1.165) is 28.9 Å². The first-order valence-corrected chi connectivity index (χ1v) is 10.7.